The maximum Gasteiger partial charge on any atom is 0.422 e. The van der Waals surface area contributed by atoms with Gasteiger partial charge in [0.25, 0.3) is 0 Å². The standard InChI is InChI=1S/C19H19F3N2O4/c1-27-18(26)24-16(11-13-5-3-2-4-6-13)17(25)23-14-7-9-15(10-8-14)28-12-19(20,21)22/h2-10,16H,11-12H2,1H3,(H,23,25)(H,24,26). The van der Waals surface area contributed by atoms with Crippen LogP contribution >= 0.6 is 0 Å². The Bertz CT molecular complexity index is 780. The summed E-state index contributed by atoms with van der Waals surface area (Å²) in [5.41, 5.74) is 1.17. The first kappa shape index (κ1) is 21.1. The zero-order valence-electron chi connectivity index (χ0n) is 15.0. The first-order valence-electron chi connectivity index (χ1n) is 8.26. The molecule has 0 saturated carbocycles. The number of amides is 2. The van der Waals surface area contributed by atoms with E-state index < -0.39 is 30.8 Å². The number of methoxy groups -OCH3 is 1. The van der Waals surface area contributed by atoms with Crippen molar-refractivity contribution in [1.29, 1.82) is 0 Å². The molecule has 0 heterocycles. The van der Waals surface area contributed by atoms with Gasteiger partial charge in [-0.3, -0.25) is 4.79 Å². The fourth-order valence-electron chi connectivity index (χ4n) is 2.29. The fraction of sp³-hybridized carbons (Fsp3) is 0.263. The van der Waals surface area contributed by atoms with E-state index in [9.17, 15) is 22.8 Å². The minimum atomic E-state index is -4.43. The molecule has 0 spiro atoms. The van der Waals surface area contributed by atoms with Gasteiger partial charge in [0.15, 0.2) is 6.61 Å². The Kier molecular flexibility index (Phi) is 7.25. The molecule has 0 fully saturated rings. The molecular weight excluding hydrogens is 377 g/mol. The van der Waals surface area contributed by atoms with Gasteiger partial charge in [-0.2, -0.15) is 13.2 Å². The van der Waals surface area contributed by atoms with Crippen molar-refractivity contribution in [2.45, 2.75) is 18.6 Å². The number of hydrogen-bond donors (Lipinski definition) is 2. The number of benzene rings is 2. The van der Waals surface area contributed by atoms with E-state index in [0.717, 1.165) is 5.56 Å². The number of alkyl carbamates (subject to hydrolysis) is 1. The molecule has 1 unspecified atom stereocenters. The van der Waals surface area contributed by atoms with E-state index in [-0.39, 0.29) is 12.2 Å². The van der Waals surface area contributed by atoms with E-state index >= 15 is 0 Å². The smallest absolute Gasteiger partial charge is 0.422 e. The van der Waals surface area contributed by atoms with Crippen molar-refractivity contribution in [2.24, 2.45) is 0 Å². The lowest BCUT2D eigenvalue weighted by Crippen LogP contribution is -2.45. The second kappa shape index (κ2) is 9.63. The van der Waals surface area contributed by atoms with Crippen molar-refractivity contribution in [3.05, 3.63) is 60.2 Å². The maximum atomic E-state index is 12.5. The highest BCUT2D eigenvalue weighted by Crippen LogP contribution is 2.20. The van der Waals surface area contributed by atoms with Gasteiger partial charge in [-0.15, -0.1) is 0 Å². The number of carbonyl (C=O) groups is 2. The van der Waals surface area contributed by atoms with Crippen LogP contribution in [0.3, 0.4) is 0 Å². The molecule has 2 amide bonds. The Hall–Kier alpha value is -3.23. The van der Waals surface area contributed by atoms with E-state index in [1.165, 1.54) is 31.4 Å². The van der Waals surface area contributed by atoms with Crippen LogP contribution in [0, 0.1) is 0 Å². The average Bonchev–Trinajstić information content (AvgIpc) is 2.67. The summed E-state index contributed by atoms with van der Waals surface area (Å²) >= 11 is 0. The number of ether oxygens (including phenoxy) is 2. The third-order valence-corrected chi connectivity index (χ3v) is 3.60. The molecule has 2 aromatic carbocycles. The van der Waals surface area contributed by atoms with E-state index in [1.54, 1.807) is 0 Å². The topological polar surface area (TPSA) is 76.7 Å². The molecule has 9 heteroatoms. The molecule has 0 aliphatic heterocycles. The predicted molar refractivity (Wildman–Crippen MR) is 96.1 cm³/mol. The molecule has 0 aromatic heterocycles. The van der Waals surface area contributed by atoms with Crippen LogP contribution in [0.15, 0.2) is 54.6 Å². The van der Waals surface area contributed by atoms with Gasteiger partial charge < -0.3 is 20.1 Å². The number of alkyl halides is 3. The monoisotopic (exact) mass is 396 g/mol. The normalized spacial score (nSPS) is 12.0. The van der Waals surface area contributed by atoms with Crippen LogP contribution < -0.4 is 15.4 Å². The SMILES string of the molecule is COC(=O)NC(Cc1ccccc1)C(=O)Nc1ccc(OCC(F)(F)F)cc1. The summed E-state index contributed by atoms with van der Waals surface area (Å²) in [6.45, 7) is -1.40. The van der Waals surface area contributed by atoms with Gasteiger partial charge in [0.05, 0.1) is 7.11 Å². The van der Waals surface area contributed by atoms with Crippen LogP contribution in [0.2, 0.25) is 0 Å². The van der Waals surface area contributed by atoms with Crippen molar-refractivity contribution < 1.29 is 32.2 Å². The van der Waals surface area contributed by atoms with E-state index in [0.29, 0.717) is 5.69 Å². The zero-order chi connectivity index (χ0) is 20.6. The van der Waals surface area contributed by atoms with Crippen LogP contribution in [0.5, 0.6) is 5.75 Å². The number of rotatable bonds is 7. The molecule has 2 rings (SSSR count). The minimum absolute atomic E-state index is 0.0174. The first-order chi connectivity index (χ1) is 13.3. The van der Waals surface area contributed by atoms with Gasteiger partial charge in [-0.05, 0) is 29.8 Å². The van der Waals surface area contributed by atoms with Crippen LogP contribution in [0.25, 0.3) is 0 Å². The van der Waals surface area contributed by atoms with E-state index in [4.69, 9.17) is 0 Å². The minimum Gasteiger partial charge on any atom is -0.484 e. The molecule has 0 saturated heterocycles. The van der Waals surface area contributed by atoms with Crippen LogP contribution in [-0.2, 0) is 16.0 Å². The highest BCUT2D eigenvalue weighted by Gasteiger charge is 2.28. The van der Waals surface area contributed by atoms with Crippen molar-refractivity contribution in [3.63, 3.8) is 0 Å². The van der Waals surface area contributed by atoms with Crippen LogP contribution in [-0.4, -0.2) is 37.9 Å². The van der Waals surface area contributed by atoms with Crippen molar-refractivity contribution in [1.82, 2.24) is 5.32 Å². The Labute approximate surface area is 159 Å². The lowest BCUT2D eigenvalue weighted by atomic mass is 10.1. The maximum absolute atomic E-state index is 12.5. The second-order valence-electron chi connectivity index (χ2n) is 5.80. The second-order valence-corrected chi connectivity index (χ2v) is 5.80. The van der Waals surface area contributed by atoms with Gasteiger partial charge in [0.1, 0.15) is 11.8 Å². The van der Waals surface area contributed by atoms with Gasteiger partial charge in [-0.1, -0.05) is 30.3 Å². The number of carbonyl (C=O) groups excluding carboxylic acids is 2. The molecule has 0 aliphatic carbocycles. The van der Waals surface area contributed by atoms with Gasteiger partial charge in [0, 0.05) is 12.1 Å². The summed E-state index contributed by atoms with van der Waals surface area (Å²) in [6, 6.07) is 13.6. The van der Waals surface area contributed by atoms with Gasteiger partial charge in [0.2, 0.25) is 5.91 Å². The number of hydrogen-bond acceptors (Lipinski definition) is 4. The highest BCUT2D eigenvalue weighted by molar-refractivity contribution is 5.96. The Morgan fingerprint density at radius 1 is 1.04 bits per heavy atom. The summed E-state index contributed by atoms with van der Waals surface area (Å²) in [4.78, 5) is 24.1. The lowest BCUT2D eigenvalue weighted by Gasteiger charge is -2.18. The Balaban J connectivity index is 2.02. The number of anilines is 1. The molecule has 2 aromatic rings. The third kappa shape index (κ3) is 7.18. The number of halogens is 3. The van der Waals surface area contributed by atoms with Gasteiger partial charge >= 0.3 is 12.3 Å². The molecule has 0 bridgehead atoms. The molecule has 0 aliphatic rings. The summed E-state index contributed by atoms with van der Waals surface area (Å²) < 4.78 is 45.7. The molecular formula is C19H19F3N2O4. The van der Waals surface area contributed by atoms with Crippen LogP contribution in [0.4, 0.5) is 23.7 Å². The van der Waals surface area contributed by atoms with Gasteiger partial charge in [-0.25, -0.2) is 4.79 Å². The molecule has 1 atom stereocenters. The third-order valence-electron chi connectivity index (χ3n) is 3.60. The van der Waals surface area contributed by atoms with Crippen molar-refractivity contribution >= 4 is 17.7 Å². The molecule has 6 nitrogen and oxygen atoms in total. The van der Waals surface area contributed by atoms with E-state index in [2.05, 4.69) is 20.1 Å². The van der Waals surface area contributed by atoms with Crippen molar-refractivity contribution in [3.8, 4) is 5.75 Å². The lowest BCUT2D eigenvalue weighted by molar-refractivity contribution is -0.153. The molecule has 2 N–H and O–H groups in total. The Morgan fingerprint density at radius 3 is 2.25 bits per heavy atom. The largest absolute Gasteiger partial charge is 0.484 e. The Morgan fingerprint density at radius 2 is 1.68 bits per heavy atom. The predicted octanol–water partition coefficient (Wildman–Crippen LogP) is 3.53. The highest BCUT2D eigenvalue weighted by atomic mass is 19.4. The zero-order valence-corrected chi connectivity index (χ0v) is 15.0. The molecule has 150 valence electrons. The quantitative estimate of drug-likeness (QED) is 0.751. The van der Waals surface area contributed by atoms with Crippen molar-refractivity contribution in [2.75, 3.05) is 19.0 Å². The summed E-state index contributed by atoms with van der Waals surface area (Å²) in [5.74, 6) is -0.484. The molecule has 0 radical (unpaired) electrons. The van der Waals surface area contributed by atoms with Crippen LogP contribution in [0.1, 0.15) is 5.56 Å². The summed E-state index contributed by atoms with van der Waals surface area (Å²) in [6.07, 6.45) is -4.96. The first-order valence-corrected chi connectivity index (χ1v) is 8.26. The average molecular weight is 396 g/mol. The fourth-order valence-corrected chi connectivity index (χ4v) is 2.29. The number of nitrogens with one attached hydrogen (secondary N) is 2. The summed E-state index contributed by atoms with van der Waals surface area (Å²) in [7, 11) is 1.19. The van der Waals surface area contributed by atoms with E-state index in [1.807, 2.05) is 30.3 Å². The summed E-state index contributed by atoms with van der Waals surface area (Å²) in [5, 5.41) is 5.06. The molecule has 28 heavy (non-hydrogen) atoms.